The van der Waals surface area contributed by atoms with Crippen LogP contribution in [0.5, 0.6) is 0 Å². The number of sulfone groups is 1. The summed E-state index contributed by atoms with van der Waals surface area (Å²) in [6.07, 6.45) is 1.72. The third kappa shape index (κ3) is 5.67. The molecule has 1 aromatic heterocycles. The largest absolute Gasteiger partial charge is 0.329 e. The molecular weight excluding hydrogens is 437 g/mol. The van der Waals surface area contributed by atoms with E-state index in [4.69, 9.17) is 11.6 Å². The molecule has 1 aliphatic heterocycles. The second-order valence-electron chi connectivity index (χ2n) is 7.13. The predicted molar refractivity (Wildman–Crippen MR) is 111 cm³/mol. The van der Waals surface area contributed by atoms with Crippen molar-refractivity contribution in [1.29, 1.82) is 0 Å². The van der Waals surface area contributed by atoms with Gasteiger partial charge in [0.15, 0.2) is 20.7 Å². The third-order valence-corrected chi connectivity index (χ3v) is 7.35. The summed E-state index contributed by atoms with van der Waals surface area (Å²) in [4.78, 5) is 23.3. The molecule has 1 fully saturated rings. The minimum Gasteiger partial charge on any atom is -0.329 e. The van der Waals surface area contributed by atoms with E-state index in [2.05, 4.69) is 9.97 Å². The van der Waals surface area contributed by atoms with Crippen molar-refractivity contribution in [2.45, 2.75) is 43.3 Å². The normalized spacial score (nSPS) is 18.2. The Kier molecular flexibility index (Phi) is 6.80. The van der Waals surface area contributed by atoms with E-state index >= 15 is 0 Å². The third-order valence-electron chi connectivity index (χ3n) is 4.44. The second-order valence-corrected chi connectivity index (χ2v) is 11.3. The Balaban J connectivity index is 1.94. The number of amides is 1. The van der Waals surface area contributed by atoms with Gasteiger partial charge >= 0.3 is 0 Å². The molecule has 0 saturated carbocycles. The van der Waals surface area contributed by atoms with Crippen LogP contribution in [-0.2, 0) is 16.4 Å². The van der Waals surface area contributed by atoms with E-state index in [0.717, 1.165) is 0 Å². The second kappa shape index (κ2) is 8.97. The first-order chi connectivity index (χ1) is 13.6. The lowest BCUT2D eigenvalue weighted by molar-refractivity contribution is 0.0674. The highest BCUT2D eigenvalue weighted by atomic mass is 35.5. The van der Waals surface area contributed by atoms with E-state index in [9.17, 15) is 17.6 Å². The van der Waals surface area contributed by atoms with Gasteiger partial charge in [-0.05, 0) is 24.1 Å². The number of benzene rings is 1. The topological polar surface area (TPSA) is 80.2 Å². The van der Waals surface area contributed by atoms with Crippen molar-refractivity contribution in [1.82, 2.24) is 14.9 Å². The van der Waals surface area contributed by atoms with Crippen LogP contribution in [-0.4, -0.2) is 52.0 Å². The van der Waals surface area contributed by atoms with Crippen LogP contribution in [0.1, 0.15) is 36.3 Å². The number of nitrogens with zero attached hydrogens (tertiary/aromatic N) is 3. The first-order valence-electron chi connectivity index (χ1n) is 9.09. The minimum atomic E-state index is -3.21. The van der Waals surface area contributed by atoms with Gasteiger partial charge in [0.05, 0.1) is 22.7 Å². The maximum atomic E-state index is 13.3. The van der Waals surface area contributed by atoms with Crippen LogP contribution in [0.25, 0.3) is 0 Å². The summed E-state index contributed by atoms with van der Waals surface area (Å²) in [5.41, 5.74) is 0.724. The van der Waals surface area contributed by atoms with Crippen LogP contribution in [0.2, 0.25) is 5.02 Å². The lowest BCUT2D eigenvalue weighted by Gasteiger charge is -2.28. The Labute approximate surface area is 178 Å². The molecule has 1 saturated heterocycles. The Morgan fingerprint density at radius 3 is 2.62 bits per heavy atom. The highest BCUT2D eigenvalue weighted by Crippen LogP contribution is 2.26. The van der Waals surface area contributed by atoms with Crippen molar-refractivity contribution in [3.05, 3.63) is 52.6 Å². The molecule has 2 heterocycles. The molecule has 3 rings (SSSR count). The number of carbonyl (C=O) groups is 1. The van der Waals surface area contributed by atoms with Gasteiger partial charge in [-0.1, -0.05) is 49.3 Å². The molecule has 0 N–H and O–H groups in total. The molecule has 1 aliphatic rings. The van der Waals surface area contributed by atoms with Crippen LogP contribution in [0.15, 0.2) is 35.6 Å². The highest BCUT2D eigenvalue weighted by molar-refractivity contribution is 7.99. The quantitative estimate of drug-likeness (QED) is 0.487. The number of aromatic nitrogens is 2. The Morgan fingerprint density at radius 1 is 1.34 bits per heavy atom. The number of halogens is 2. The fraction of sp³-hybridized carbons (Fsp3) is 0.421. The number of rotatable bonds is 6. The van der Waals surface area contributed by atoms with Gasteiger partial charge in [-0.25, -0.2) is 22.8 Å². The summed E-state index contributed by atoms with van der Waals surface area (Å²) in [6.45, 7) is 4.09. The lowest BCUT2D eigenvalue weighted by atomic mass is 10.1. The van der Waals surface area contributed by atoms with Crippen LogP contribution in [0, 0.1) is 5.82 Å². The van der Waals surface area contributed by atoms with Gasteiger partial charge in [-0.15, -0.1) is 0 Å². The molecule has 6 nitrogen and oxygen atoms in total. The molecule has 1 atom stereocenters. The van der Waals surface area contributed by atoms with Crippen LogP contribution in [0.4, 0.5) is 4.39 Å². The van der Waals surface area contributed by atoms with Crippen LogP contribution in [0.3, 0.4) is 0 Å². The zero-order valence-electron chi connectivity index (χ0n) is 16.0. The summed E-state index contributed by atoms with van der Waals surface area (Å²) in [5, 5.41) is 0.746. The van der Waals surface area contributed by atoms with E-state index in [1.54, 1.807) is 12.1 Å². The maximum absolute atomic E-state index is 13.3. The molecule has 10 heteroatoms. The van der Waals surface area contributed by atoms with Crippen molar-refractivity contribution >= 4 is 39.1 Å². The summed E-state index contributed by atoms with van der Waals surface area (Å²) >= 11 is 7.61. The monoisotopic (exact) mass is 457 g/mol. The van der Waals surface area contributed by atoms with Gasteiger partial charge < -0.3 is 4.90 Å². The fourth-order valence-corrected chi connectivity index (χ4v) is 5.66. The fourth-order valence-electron chi connectivity index (χ4n) is 3.08. The zero-order chi connectivity index (χ0) is 21.2. The van der Waals surface area contributed by atoms with Crippen LogP contribution >= 0.6 is 23.4 Å². The van der Waals surface area contributed by atoms with E-state index in [0.29, 0.717) is 17.1 Å². The standard InChI is InChI=1S/C19H21ClFN3O3S2/c1-12(2)28-19-22-9-16(20)17(23-19)18(25)24(15-7-8-29(26,27)11-15)10-13-3-5-14(21)6-4-13/h3-6,9,12,15H,7-8,10-11H2,1-2H3/t15-/m1/s1. The lowest BCUT2D eigenvalue weighted by Crippen LogP contribution is -2.41. The van der Waals surface area contributed by atoms with Crippen molar-refractivity contribution in [2.24, 2.45) is 0 Å². The summed E-state index contributed by atoms with van der Waals surface area (Å²) in [7, 11) is -3.21. The van der Waals surface area contributed by atoms with Gasteiger partial charge in [-0.3, -0.25) is 4.79 Å². The first-order valence-corrected chi connectivity index (χ1v) is 12.2. The van der Waals surface area contributed by atoms with E-state index < -0.39 is 21.8 Å². The Hall–Kier alpha value is -1.71. The van der Waals surface area contributed by atoms with Crippen LogP contribution < -0.4 is 0 Å². The molecule has 2 aromatic rings. The SMILES string of the molecule is CC(C)Sc1ncc(Cl)c(C(=O)N(Cc2ccc(F)cc2)[C@@H]2CCS(=O)(=O)C2)n1. The molecular formula is C19H21ClFN3O3S2. The molecule has 1 aromatic carbocycles. The first kappa shape index (κ1) is 22.0. The van der Waals surface area contributed by atoms with Crippen molar-refractivity contribution in [3.63, 3.8) is 0 Å². The molecule has 1 amide bonds. The predicted octanol–water partition coefficient (Wildman–Crippen LogP) is 3.60. The van der Waals surface area contributed by atoms with E-state index in [1.165, 1.54) is 35.0 Å². The zero-order valence-corrected chi connectivity index (χ0v) is 18.4. The Bertz CT molecular complexity index is 1000. The van der Waals surface area contributed by atoms with Crippen molar-refractivity contribution in [2.75, 3.05) is 11.5 Å². The Morgan fingerprint density at radius 2 is 2.03 bits per heavy atom. The molecule has 0 aliphatic carbocycles. The van der Waals surface area contributed by atoms with Crippen molar-refractivity contribution < 1.29 is 17.6 Å². The van der Waals surface area contributed by atoms with Gasteiger partial charge in [-0.2, -0.15) is 0 Å². The van der Waals surface area contributed by atoms with E-state index in [1.807, 2.05) is 13.8 Å². The molecule has 29 heavy (non-hydrogen) atoms. The number of hydrogen-bond donors (Lipinski definition) is 0. The molecule has 156 valence electrons. The minimum absolute atomic E-state index is 0.0246. The van der Waals surface area contributed by atoms with Gasteiger partial charge in [0.2, 0.25) is 0 Å². The molecule has 0 bridgehead atoms. The van der Waals surface area contributed by atoms with Gasteiger partial charge in [0.25, 0.3) is 5.91 Å². The summed E-state index contributed by atoms with van der Waals surface area (Å²) in [6, 6.07) is 5.25. The number of hydrogen-bond acceptors (Lipinski definition) is 6. The molecule has 0 unspecified atom stereocenters. The average molecular weight is 458 g/mol. The number of thioether (sulfide) groups is 1. The summed E-state index contributed by atoms with van der Waals surface area (Å²) in [5.74, 6) is -0.939. The van der Waals surface area contributed by atoms with Gasteiger partial charge in [0, 0.05) is 17.8 Å². The van der Waals surface area contributed by atoms with Gasteiger partial charge in [0.1, 0.15) is 5.82 Å². The number of carbonyl (C=O) groups excluding carboxylic acids is 1. The van der Waals surface area contributed by atoms with Crippen molar-refractivity contribution in [3.8, 4) is 0 Å². The molecule has 0 spiro atoms. The van der Waals surface area contributed by atoms with E-state index in [-0.39, 0.29) is 39.8 Å². The highest BCUT2D eigenvalue weighted by Gasteiger charge is 2.36. The summed E-state index contributed by atoms with van der Waals surface area (Å²) < 4.78 is 37.3. The smallest absolute Gasteiger partial charge is 0.274 e. The maximum Gasteiger partial charge on any atom is 0.274 e. The molecule has 0 radical (unpaired) electrons. The average Bonchev–Trinajstić information content (AvgIpc) is 3.01.